The van der Waals surface area contributed by atoms with Crippen LogP contribution in [0, 0.1) is 0 Å². The summed E-state index contributed by atoms with van der Waals surface area (Å²) in [5, 5.41) is 4.52. The lowest BCUT2D eigenvalue weighted by atomic mass is 9.95. The number of rotatable bonds is 5. The Morgan fingerprint density at radius 3 is 2.37 bits per heavy atom. The van der Waals surface area contributed by atoms with Crippen LogP contribution in [0.25, 0.3) is 5.69 Å². The van der Waals surface area contributed by atoms with Crippen molar-refractivity contribution in [2.75, 3.05) is 20.2 Å². The number of hydrogen-bond acceptors (Lipinski definition) is 4. The summed E-state index contributed by atoms with van der Waals surface area (Å²) in [6.07, 6.45) is 1.96. The summed E-state index contributed by atoms with van der Waals surface area (Å²) in [6.45, 7) is 1.33. The van der Waals surface area contributed by atoms with Gasteiger partial charge in [-0.25, -0.2) is 14.0 Å². The average Bonchev–Trinajstić information content (AvgIpc) is 3.09. The third-order valence-corrected chi connectivity index (χ3v) is 5.69. The van der Waals surface area contributed by atoms with Gasteiger partial charge < -0.3 is 9.64 Å². The van der Waals surface area contributed by atoms with Gasteiger partial charge in [-0.1, -0.05) is 30.3 Å². The molecule has 7 nitrogen and oxygen atoms in total. The molecule has 0 atom stereocenters. The van der Waals surface area contributed by atoms with Gasteiger partial charge in [0.1, 0.15) is 11.6 Å². The van der Waals surface area contributed by atoms with Gasteiger partial charge in [0.2, 0.25) is 5.91 Å². The molecule has 0 bridgehead atoms. The molecule has 1 aromatic heterocycles. The van der Waals surface area contributed by atoms with Crippen molar-refractivity contribution < 1.29 is 9.53 Å². The van der Waals surface area contributed by atoms with E-state index >= 15 is 0 Å². The van der Waals surface area contributed by atoms with Crippen LogP contribution in [0.4, 0.5) is 0 Å². The normalized spacial score (nSPS) is 14.7. The monoisotopic (exact) mass is 406 g/mol. The highest BCUT2D eigenvalue weighted by Gasteiger charge is 2.28. The number of para-hydroxylation sites is 1. The number of aryl methyl sites for hydroxylation is 1. The van der Waals surface area contributed by atoms with E-state index in [0.29, 0.717) is 19.5 Å². The summed E-state index contributed by atoms with van der Waals surface area (Å²) in [5.41, 5.74) is 1.66. The SMILES string of the molecule is COc1ccc(CC(=O)N2CCC(c3nn(C)c(=O)n3-c3ccccc3)CC2)cc1. The number of aromatic nitrogens is 3. The fourth-order valence-corrected chi connectivity index (χ4v) is 3.98. The van der Waals surface area contributed by atoms with E-state index in [1.54, 1.807) is 18.7 Å². The predicted molar refractivity (Wildman–Crippen MR) is 114 cm³/mol. The van der Waals surface area contributed by atoms with Crippen LogP contribution in [0.2, 0.25) is 0 Å². The first-order chi connectivity index (χ1) is 14.6. The summed E-state index contributed by atoms with van der Waals surface area (Å²) in [4.78, 5) is 27.3. The van der Waals surface area contributed by atoms with Gasteiger partial charge in [-0.3, -0.25) is 4.79 Å². The zero-order chi connectivity index (χ0) is 21.1. The number of piperidine rings is 1. The molecule has 0 aliphatic carbocycles. The molecule has 0 spiro atoms. The van der Waals surface area contributed by atoms with Gasteiger partial charge in [0.05, 0.1) is 19.2 Å². The molecule has 156 valence electrons. The second kappa shape index (κ2) is 8.57. The third kappa shape index (κ3) is 4.01. The Hall–Kier alpha value is -3.35. The van der Waals surface area contributed by atoms with E-state index < -0.39 is 0 Å². The smallest absolute Gasteiger partial charge is 0.350 e. The van der Waals surface area contributed by atoms with Gasteiger partial charge in [0.15, 0.2) is 0 Å². The van der Waals surface area contributed by atoms with Crippen LogP contribution in [0.3, 0.4) is 0 Å². The van der Waals surface area contributed by atoms with E-state index in [1.807, 2.05) is 59.5 Å². The highest BCUT2D eigenvalue weighted by Crippen LogP contribution is 2.28. The summed E-state index contributed by atoms with van der Waals surface area (Å²) < 4.78 is 8.26. The molecule has 0 radical (unpaired) electrons. The Morgan fingerprint density at radius 2 is 1.73 bits per heavy atom. The Kier molecular flexibility index (Phi) is 5.70. The highest BCUT2D eigenvalue weighted by atomic mass is 16.5. The molecule has 3 aromatic rings. The average molecular weight is 406 g/mol. The van der Waals surface area contributed by atoms with Crippen molar-refractivity contribution in [3.63, 3.8) is 0 Å². The summed E-state index contributed by atoms with van der Waals surface area (Å²) in [5.74, 6) is 1.83. The number of methoxy groups -OCH3 is 1. The van der Waals surface area contributed by atoms with E-state index in [2.05, 4.69) is 5.10 Å². The number of benzene rings is 2. The van der Waals surface area contributed by atoms with Gasteiger partial charge >= 0.3 is 5.69 Å². The van der Waals surface area contributed by atoms with Crippen LogP contribution in [0.5, 0.6) is 5.75 Å². The minimum absolute atomic E-state index is 0.125. The second-order valence-corrected chi connectivity index (χ2v) is 7.62. The molecular weight excluding hydrogens is 380 g/mol. The van der Waals surface area contributed by atoms with E-state index in [0.717, 1.165) is 35.7 Å². The zero-order valence-electron chi connectivity index (χ0n) is 17.3. The number of carbonyl (C=O) groups excluding carboxylic acids is 1. The van der Waals surface area contributed by atoms with E-state index in [4.69, 9.17) is 4.74 Å². The molecule has 0 unspecified atom stereocenters. The molecule has 0 N–H and O–H groups in total. The van der Waals surface area contributed by atoms with Gasteiger partial charge in [-0.05, 0) is 42.7 Å². The van der Waals surface area contributed by atoms with E-state index in [9.17, 15) is 9.59 Å². The van der Waals surface area contributed by atoms with Crippen LogP contribution >= 0.6 is 0 Å². The lowest BCUT2D eigenvalue weighted by Gasteiger charge is -2.31. The summed E-state index contributed by atoms with van der Waals surface area (Å²) in [6, 6.07) is 17.2. The number of ether oxygens (including phenoxy) is 1. The van der Waals surface area contributed by atoms with Crippen LogP contribution < -0.4 is 10.4 Å². The van der Waals surface area contributed by atoms with E-state index in [1.165, 1.54) is 4.68 Å². The molecule has 1 amide bonds. The van der Waals surface area contributed by atoms with Crippen molar-refractivity contribution in [2.24, 2.45) is 7.05 Å². The molecule has 1 saturated heterocycles. The Bertz CT molecular complexity index is 1060. The van der Waals surface area contributed by atoms with Crippen LogP contribution in [0.1, 0.15) is 30.1 Å². The second-order valence-electron chi connectivity index (χ2n) is 7.62. The predicted octanol–water partition coefficient (Wildman–Crippen LogP) is 2.53. The van der Waals surface area contributed by atoms with Crippen molar-refractivity contribution in [2.45, 2.75) is 25.2 Å². The van der Waals surface area contributed by atoms with Crippen molar-refractivity contribution in [1.29, 1.82) is 0 Å². The first-order valence-electron chi connectivity index (χ1n) is 10.2. The Balaban J connectivity index is 1.44. The maximum Gasteiger partial charge on any atom is 0.350 e. The van der Waals surface area contributed by atoms with Crippen molar-refractivity contribution in [3.05, 3.63) is 76.5 Å². The first-order valence-corrected chi connectivity index (χ1v) is 10.2. The fourth-order valence-electron chi connectivity index (χ4n) is 3.98. The molecule has 1 aliphatic heterocycles. The largest absolute Gasteiger partial charge is 0.497 e. The van der Waals surface area contributed by atoms with Gasteiger partial charge in [-0.15, -0.1) is 0 Å². The zero-order valence-corrected chi connectivity index (χ0v) is 17.3. The summed E-state index contributed by atoms with van der Waals surface area (Å²) in [7, 11) is 3.31. The van der Waals surface area contributed by atoms with Crippen molar-refractivity contribution in [1.82, 2.24) is 19.2 Å². The Morgan fingerprint density at radius 1 is 1.07 bits per heavy atom. The molecule has 30 heavy (non-hydrogen) atoms. The van der Waals surface area contributed by atoms with Gasteiger partial charge in [-0.2, -0.15) is 5.10 Å². The topological polar surface area (TPSA) is 69.4 Å². The maximum atomic E-state index is 12.7. The summed E-state index contributed by atoms with van der Waals surface area (Å²) >= 11 is 0. The maximum absolute atomic E-state index is 12.7. The van der Waals surface area contributed by atoms with Crippen LogP contribution in [-0.2, 0) is 18.3 Å². The molecule has 1 aliphatic rings. The first kappa shape index (κ1) is 19.9. The molecule has 2 aromatic carbocycles. The van der Waals surface area contributed by atoms with Gasteiger partial charge in [0, 0.05) is 26.1 Å². The Labute approximate surface area is 175 Å². The molecule has 1 fully saturated rings. The minimum atomic E-state index is -0.144. The molecule has 7 heteroatoms. The van der Waals surface area contributed by atoms with Crippen LogP contribution in [0.15, 0.2) is 59.4 Å². The fraction of sp³-hybridized carbons (Fsp3) is 0.348. The number of likely N-dealkylation sites (tertiary alicyclic amines) is 1. The standard InChI is InChI=1S/C23H26N4O3/c1-25-23(29)27(19-6-4-3-5-7-19)22(24-25)18-12-14-26(15-13-18)21(28)16-17-8-10-20(30-2)11-9-17/h3-11,18H,12-16H2,1-2H3. The molecular formula is C23H26N4O3. The number of nitrogens with zero attached hydrogens (tertiary/aromatic N) is 4. The molecule has 2 heterocycles. The quantitative estimate of drug-likeness (QED) is 0.653. The van der Waals surface area contributed by atoms with E-state index in [-0.39, 0.29) is 17.5 Å². The van der Waals surface area contributed by atoms with Crippen molar-refractivity contribution in [3.8, 4) is 11.4 Å². The lowest BCUT2D eigenvalue weighted by Crippen LogP contribution is -2.39. The lowest BCUT2D eigenvalue weighted by molar-refractivity contribution is -0.131. The van der Waals surface area contributed by atoms with Gasteiger partial charge in [0.25, 0.3) is 0 Å². The number of amides is 1. The van der Waals surface area contributed by atoms with Crippen LogP contribution in [-0.4, -0.2) is 45.4 Å². The van der Waals surface area contributed by atoms with Crippen molar-refractivity contribution >= 4 is 5.91 Å². The molecule has 4 rings (SSSR count). The molecule has 0 saturated carbocycles. The highest BCUT2D eigenvalue weighted by molar-refractivity contribution is 5.79. The minimum Gasteiger partial charge on any atom is -0.497 e. The third-order valence-electron chi connectivity index (χ3n) is 5.69. The number of hydrogen-bond donors (Lipinski definition) is 0. The number of carbonyl (C=O) groups is 1.